The van der Waals surface area contributed by atoms with Crippen molar-refractivity contribution in [3.8, 4) is 10.4 Å². The topological polar surface area (TPSA) is 85.3 Å². The number of aryl methyl sites for hydroxylation is 2. The van der Waals surface area contributed by atoms with Crippen molar-refractivity contribution in [2.75, 3.05) is 5.32 Å². The zero-order valence-corrected chi connectivity index (χ0v) is 14.1. The van der Waals surface area contributed by atoms with Crippen LogP contribution in [0.4, 0.5) is 5.00 Å². The van der Waals surface area contributed by atoms with Crippen molar-refractivity contribution in [1.29, 1.82) is 0 Å². The van der Waals surface area contributed by atoms with Crippen molar-refractivity contribution in [2.24, 2.45) is 5.73 Å². The molecule has 1 aromatic carbocycles. The molecule has 5 nitrogen and oxygen atoms in total. The number of carbonyl (C=O) groups is 2. The van der Waals surface area contributed by atoms with E-state index >= 15 is 0 Å². The summed E-state index contributed by atoms with van der Waals surface area (Å²) in [7, 11) is 0. The Hall–Kier alpha value is -2.86. The van der Waals surface area contributed by atoms with Crippen LogP contribution in [0.2, 0.25) is 0 Å². The molecule has 0 spiro atoms. The smallest absolute Gasteiger partial charge is 0.259 e. The number of carbonyl (C=O) groups excluding carboxylic acids is 2. The Morgan fingerprint density at radius 2 is 1.79 bits per heavy atom. The number of nitrogens with two attached hydrogens (primary N) is 1. The fourth-order valence-electron chi connectivity index (χ4n) is 2.44. The predicted octanol–water partition coefficient (Wildman–Crippen LogP) is 3.98. The van der Waals surface area contributed by atoms with E-state index in [1.807, 2.05) is 30.3 Å². The number of rotatable bonds is 4. The lowest BCUT2D eigenvalue weighted by Crippen LogP contribution is -2.16. The number of thiophene rings is 1. The van der Waals surface area contributed by atoms with E-state index in [1.54, 1.807) is 26.0 Å². The van der Waals surface area contributed by atoms with Gasteiger partial charge in [0.2, 0.25) is 0 Å². The normalized spacial score (nSPS) is 10.6. The predicted molar refractivity (Wildman–Crippen MR) is 94.4 cm³/mol. The van der Waals surface area contributed by atoms with E-state index in [9.17, 15) is 9.59 Å². The minimum atomic E-state index is -0.580. The summed E-state index contributed by atoms with van der Waals surface area (Å²) in [5.41, 5.74) is 7.15. The molecular formula is C18H16N2O3S. The number of hydrogen-bond donors (Lipinski definition) is 2. The number of furan rings is 1. The molecule has 3 N–H and O–H groups in total. The number of amides is 2. The van der Waals surface area contributed by atoms with Crippen molar-refractivity contribution in [3.63, 3.8) is 0 Å². The number of anilines is 1. The largest absolute Gasteiger partial charge is 0.466 e. The summed E-state index contributed by atoms with van der Waals surface area (Å²) in [5.74, 6) is 0.284. The number of benzene rings is 1. The van der Waals surface area contributed by atoms with E-state index in [-0.39, 0.29) is 5.91 Å². The zero-order valence-electron chi connectivity index (χ0n) is 13.3. The standard InChI is InChI=1S/C18H16N2O3S/c1-10-8-13(11(2)23-10)17(22)20-18-14(16(19)21)9-15(24-18)12-6-4-3-5-7-12/h3-9H,1-2H3,(H2,19,21)(H,20,22). The Bertz CT molecular complexity index is 910. The van der Waals surface area contributed by atoms with Crippen molar-refractivity contribution < 1.29 is 14.0 Å². The number of hydrogen-bond acceptors (Lipinski definition) is 4. The first-order valence-electron chi connectivity index (χ1n) is 7.33. The van der Waals surface area contributed by atoms with E-state index in [4.69, 9.17) is 10.2 Å². The molecule has 0 unspecified atom stereocenters. The third-order valence-electron chi connectivity index (χ3n) is 3.57. The highest BCUT2D eigenvalue weighted by Gasteiger charge is 2.19. The van der Waals surface area contributed by atoms with E-state index in [0.717, 1.165) is 10.4 Å². The van der Waals surface area contributed by atoms with Crippen LogP contribution in [0.15, 0.2) is 46.9 Å². The first-order valence-corrected chi connectivity index (χ1v) is 8.15. The van der Waals surface area contributed by atoms with Crippen molar-refractivity contribution in [3.05, 3.63) is 65.1 Å². The summed E-state index contributed by atoms with van der Waals surface area (Å²) in [5, 5.41) is 3.21. The molecule has 3 aromatic rings. The van der Waals surface area contributed by atoms with Gasteiger partial charge in [0.05, 0.1) is 11.1 Å². The van der Waals surface area contributed by atoms with Crippen molar-refractivity contribution in [2.45, 2.75) is 13.8 Å². The molecule has 0 radical (unpaired) electrons. The summed E-state index contributed by atoms with van der Waals surface area (Å²) in [6.45, 7) is 3.50. The van der Waals surface area contributed by atoms with Gasteiger partial charge in [0, 0.05) is 4.88 Å². The molecule has 0 aliphatic heterocycles. The Labute approximate surface area is 143 Å². The molecule has 24 heavy (non-hydrogen) atoms. The maximum absolute atomic E-state index is 12.5. The maximum atomic E-state index is 12.5. The van der Waals surface area contributed by atoms with Gasteiger partial charge < -0.3 is 15.5 Å². The van der Waals surface area contributed by atoms with Crippen LogP contribution < -0.4 is 11.1 Å². The molecular weight excluding hydrogens is 324 g/mol. The minimum absolute atomic E-state index is 0.296. The molecule has 2 heterocycles. The minimum Gasteiger partial charge on any atom is -0.466 e. The van der Waals surface area contributed by atoms with Gasteiger partial charge in [0.15, 0.2) is 0 Å². The summed E-state index contributed by atoms with van der Waals surface area (Å²) >= 11 is 1.31. The molecule has 3 rings (SSSR count). The number of nitrogens with one attached hydrogen (secondary N) is 1. The van der Waals surface area contributed by atoms with E-state index in [1.165, 1.54) is 11.3 Å². The lowest BCUT2D eigenvalue weighted by molar-refractivity contribution is 0.100. The van der Waals surface area contributed by atoms with Gasteiger partial charge in [0.25, 0.3) is 11.8 Å². The number of primary amides is 1. The SMILES string of the molecule is Cc1cc(C(=O)Nc2sc(-c3ccccc3)cc2C(N)=O)c(C)o1. The molecule has 0 atom stereocenters. The molecule has 6 heteroatoms. The van der Waals surface area contributed by atoms with Gasteiger partial charge in [-0.1, -0.05) is 30.3 Å². The lowest BCUT2D eigenvalue weighted by Gasteiger charge is -2.03. The van der Waals surface area contributed by atoms with Crippen molar-refractivity contribution in [1.82, 2.24) is 0 Å². The second-order valence-corrected chi connectivity index (χ2v) is 6.42. The van der Waals surface area contributed by atoms with Gasteiger partial charge in [-0.25, -0.2) is 0 Å². The summed E-state index contributed by atoms with van der Waals surface area (Å²) in [6, 6.07) is 13.0. The second-order valence-electron chi connectivity index (χ2n) is 5.36. The highest BCUT2D eigenvalue weighted by Crippen LogP contribution is 2.35. The molecule has 0 aliphatic carbocycles. The highest BCUT2D eigenvalue weighted by molar-refractivity contribution is 7.20. The van der Waals surface area contributed by atoms with Crippen LogP contribution in [0.25, 0.3) is 10.4 Å². The molecule has 2 amide bonds. The molecule has 0 saturated carbocycles. The molecule has 122 valence electrons. The van der Waals surface area contributed by atoms with Crippen LogP contribution >= 0.6 is 11.3 Å². The Kier molecular flexibility index (Phi) is 4.22. The average molecular weight is 340 g/mol. The first-order chi connectivity index (χ1) is 11.5. The summed E-state index contributed by atoms with van der Waals surface area (Å²) in [4.78, 5) is 25.0. The average Bonchev–Trinajstić information content (AvgIpc) is 3.11. The molecule has 0 aliphatic rings. The van der Waals surface area contributed by atoms with E-state index in [0.29, 0.717) is 27.6 Å². The maximum Gasteiger partial charge on any atom is 0.259 e. The van der Waals surface area contributed by atoms with Crippen molar-refractivity contribution >= 4 is 28.2 Å². The lowest BCUT2D eigenvalue weighted by atomic mass is 10.1. The molecule has 0 bridgehead atoms. The van der Waals surface area contributed by atoms with Gasteiger partial charge in [-0.3, -0.25) is 9.59 Å². The van der Waals surface area contributed by atoms with Crippen LogP contribution in [-0.2, 0) is 0 Å². The fraction of sp³-hybridized carbons (Fsp3) is 0.111. The monoisotopic (exact) mass is 340 g/mol. The fourth-order valence-corrected chi connectivity index (χ4v) is 3.50. The zero-order chi connectivity index (χ0) is 17.3. The molecule has 0 fully saturated rings. The first kappa shape index (κ1) is 16.0. The third kappa shape index (κ3) is 3.09. The van der Waals surface area contributed by atoms with Crippen LogP contribution in [0.5, 0.6) is 0 Å². The van der Waals surface area contributed by atoms with E-state index in [2.05, 4.69) is 5.32 Å². The van der Waals surface area contributed by atoms with Gasteiger partial charge in [-0.15, -0.1) is 11.3 Å². The second kappa shape index (κ2) is 6.33. The van der Waals surface area contributed by atoms with E-state index < -0.39 is 5.91 Å². The Morgan fingerprint density at radius 3 is 2.38 bits per heavy atom. The van der Waals surface area contributed by atoms with Gasteiger partial charge in [-0.2, -0.15) is 0 Å². The Balaban J connectivity index is 1.95. The van der Waals surface area contributed by atoms with Crippen LogP contribution in [0, 0.1) is 13.8 Å². The van der Waals surface area contributed by atoms with Crippen LogP contribution in [-0.4, -0.2) is 11.8 Å². The summed E-state index contributed by atoms with van der Waals surface area (Å²) in [6.07, 6.45) is 0. The quantitative estimate of drug-likeness (QED) is 0.753. The van der Waals surface area contributed by atoms with Gasteiger partial charge in [-0.05, 0) is 31.5 Å². The van der Waals surface area contributed by atoms with Crippen LogP contribution in [0.3, 0.4) is 0 Å². The summed E-state index contributed by atoms with van der Waals surface area (Å²) < 4.78 is 5.38. The van der Waals surface area contributed by atoms with Crippen LogP contribution in [0.1, 0.15) is 32.2 Å². The molecule has 2 aromatic heterocycles. The Morgan fingerprint density at radius 1 is 1.08 bits per heavy atom. The van der Waals surface area contributed by atoms with Gasteiger partial charge in [0.1, 0.15) is 16.5 Å². The highest BCUT2D eigenvalue weighted by atomic mass is 32.1. The molecule has 0 saturated heterocycles. The third-order valence-corrected chi connectivity index (χ3v) is 4.67. The van der Waals surface area contributed by atoms with Gasteiger partial charge >= 0.3 is 0 Å².